The zero-order valence-electron chi connectivity index (χ0n) is 12.2. The van der Waals surface area contributed by atoms with E-state index >= 15 is 0 Å². The molecule has 0 aromatic heterocycles. The first-order chi connectivity index (χ1) is 11.0. The molecule has 0 saturated heterocycles. The topological polar surface area (TPSA) is 50.1 Å². The van der Waals surface area contributed by atoms with Crippen molar-refractivity contribution in [3.05, 3.63) is 35.4 Å². The molecule has 140 valence electrons. The van der Waals surface area contributed by atoms with Gasteiger partial charge >= 0.3 is 22.4 Å². The molecule has 3 nitrogen and oxygen atoms in total. The summed E-state index contributed by atoms with van der Waals surface area (Å²) in [5.74, 6) is -1.64. The highest BCUT2D eigenvalue weighted by Gasteiger charge is 2.65. The summed E-state index contributed by atoms with van der Waals surface area (Å²) in [4.78, 5) is 9.06. The van der Waals surface area contributed by atoms with Crippen molar-refractivity contribution in [2.75, 3.05) is 6.61 Å². The van der Waals surface area contributed by atoms with Crippen molar-refractivity contribution < 1.29 is 42.1 Å². The molecule has 0 amide bonds. The maximum atomic E-state index is 13.1. The fourth-order valence-corrected chi connectivity index (χ4v) is 2.39. The first-order valence-electron chi connectivity index (χ1n) is 6.24. The second-order valence-corrected chi connectivity index (χ2v) is 6.98. The Labute approximate surface area is 136 Å². The van der Waals surface area contributed by atoms with Crippen LogP contribution in [0.1, 0.15) is 12.5 Å². The van der Waals surface area contributed by atoms with Crippen molar-refractivity contribution in [2.45, 2.75) is 18.0 Å². The van der Waals surface area contributed by atoms with Crippen molar-refractivity contribution in [3.63, 3.8) is 0 Å². The van der Waals surface area contributed by atoms with E-state index in [1.807, 2.05) is 0 Å². The Bertz CT molecular complexity index is 757. The van der Waals surface area contributed by atoms with Crippen molar-refractivity contribution in [1.29, 1.82) is 5.26 Å². The summed E-state index contributed by atoms with van der Waals surface area (Å²) >= 11 is 0. The number of carbonyl (C=O) groups is 1. The lowest BCUT2D eigenvalue weighted by atomic mass is 10.00. The lowest BCUT2D eigenvalue weighted by molar-refractivity contribution is -0.138. The number of alkyl halides is 3. The van der Waals surface area contributed by atoms with Gasteiger partial charge in [-0.05, 0) is 24.6 Å². The highest BCUT2D eigenvalue weighted by molar-refractivity contribution is 8.45. The Morgan fingerprint density at radius 2 is 1.60 bits per heavy atom. The normalized spacial score (nSPS) is 16.2. The van der Waals surface area contributed by atoms with E-state index in [0.717, 1.165) is 6.07 Å². The van der Waals surface area contributed by atoms with E-state index in [-0.39, 0.29) is 30.9 Å². The average Bonchev–Trinajstić information content (AvgIpc) is 2.41. The van der Waals surface area contributed by atoms with Gasteiger partial charge in [0.25, 0.3) is 0 Å². The molecule has 0 unspecified atom stereocenters. The Kier molecular flexibility index (Phi) is 4.66. The number of halogens is 8. The smallest absolute Gasteiger partial charge is 0.418 e. The number of esters is 1. The molecule has 0 aliphatic carbocycles. The Balaban J connectivity index is 3.62. The van der Waals surface area contributed by atoms with Crippen LogP contribution in [0, 0.1) is 11.3 Å². The van der Waals surface area contributed by atoms with E-state index in [4.69, 9.17) is 5.26 Å². The molecule has 0 heterocycles. The van der Waals surface area contributed by atoms with Crippen LogP contribution in [0.25, 0.3) is 5.57 Å². The van der Waals surface area contributed by atoms with Gasteiger partial charge in [-0.2, -0.15) is 18.4 Å². The number of carbonyl (C=O) groups excluding carboxylic acids is 1. The van der Waals surface area contributed by atoms with E-state index in [0.29, 0.717) is 0 Å². The van der Waals surface area contributed by atoms with E-state index in [2.05, 4.69) is 4.74 Å². The molecule has 0 saturated carbocycles. The van der Waals surface area contributed by atoms with Gasteiger partial charge in [-0.15, -0.1) is 0 Å². The molecule has 0 aliphatic rings. The molecule has 0 atom stereocenters. The standard InChI is InChI=1S/C13H9F8NO2S/c1-2-24-12(23)10(7-22)11(13(14,15)16)8-3-5-9(6-4-8)25(17,18,19,20)21/h3-6H,2H2,1H3. The second-order valence-electron chi connectivity index (χ2n) is 4.57. The van der Waals surface area contributed by atoms with Crippen molar-refractivity contribution >= 4 is 21.8 Å². The summed E-state index contributed by atoms with van der Waals surface area (Å²) in [5, 5.41) is 8.78. The number of hydrogen-bond acceptors (Lipinski definition) is 3. The summed E-state index contributed by atoms with van der Waals surface area (Å²) in [6, 6.07) is 0.687. The SMILES string of the molecule is CCOC(=O)C(C#N)=C(c1ccc(S(F)(F)(F)(F)F)cc1)C(F)(F)F. The van der Waals surface area contributed by atoms with Gasteiger partial charge in [0.15, 0.2) is 0 Å². The van der Waals surface area contributed by atoms with Crippen LogP contribution < -0.4 is 0 Å². The number of ether oxygens (including phenoxy) is 1. The van der Waals surface area contributed by atoms with Crippen LogP contribution in [0.3, 0.4) is 0 Å². The molecular formula is C13H9F8NO2S. The Morgan fingerprint density at radius 3 is 1.92 bits per heavy atom. The van der Waals surface area contributed by atoms with E-state index in [1.165, 1.54) is 6.92 Å². The Hall–Kier alpha value is -2.29. The minimum Gasteiger partial charge on any atom is -0.462 e. The molecule has 0 aliphatic heterocycles. The van der Waals surface area contributed by atoms with Crippen LogP contribution >= 0.6 is 10.2 Å². The molecule has 1 aromatic carbocycles. The third-order valence-electron chi connectivity index (χ3n) is 2.71. The molecule has 12 heteroatoms. The van der Waals surface area contributed by atoms with Crippen LogP contribution in [0.15, 0.2) is 34.7 Å². The first kappa shape index (κ1) is 20.8. The number of nitriles is 1. The summed E-state index contributed by atoms with van der Waals surface area (Å²) in [5.41, 5.74) is -4.46. The van der Waals surface area contributed by atoms with Gasteiger partial charge in [-0.1, -0.05) is 31.6 Å². The van der Waals surface area contributed by atoms with Gasteiger partial charge < -0.3 is 4.74 Å². The van der Waals surface area contributed by atoms with Crippen LogP contribution in [0.2, 0.25) is 0 Å². The van der Waals surface area contributed by atoms with Crippen molar-refractivity contribution in [2.24, 2.45) is 0 Å². The predicted molar refractivity (Wildman–Crippen MR) is 73.1 cm³/mol. The summed E-state index contributed by atoms with van der Waals surface area (Å²) < 4.78 is 107. The van der Waals surface area contributed by atoms with Gasteiger partial charge in [0.2, 0.25) is 0 Å². The molecule has 0 radical (unpaired) electrons. The maximum Gasteiger partial charge on any atom is 0.418 e. The first-order valence-corrected chi connectivity index (χ1v) is 8.19. The third kappa shape index (κ3) is 5.09. The number of allylic oxidation sites excluding steroid dienone is 1. The predicted octanol–water partition coefficient (Wildman–Crippen LogP) is 5.75. The largest absolute Gasteiger partial charge is 0.462 e. The van der Waals surface area contributed by atoms with E-state index < -0.39 is 44.0 Å². The number of benzene rings is 1. The minimum atomic E-state index is -10.1. The molecule has 1 rings (SSSR count). The lowest BCUT2D eigenvalue weighted by Gasteiger charge is -2.40. The zero-order valence-corrected chi connectivity index (χ0v) is 13.0. The molecular weight excluding hydrogens is 386 g/mol. The summed E-state index contributed by atoms with van der Waals surface area (Å²) in [6.45, 7) is 0.891. The highest BCUT2D eigenvalue weighted by atomic mass is 32.5. The quantitative estimate of drug-likeness (QED) is 0.282. The van der Waals surface area contributed by atoms with Crippen LogP contribution in [0.4, 0.5) is 32.6 Å². The monoisotopic (exact) mass is 395 g/mol. The van der Waals surface area contributed by atoms with E-state index in [1.54, 1.807) is 0 Å². The average molecular weight is 395 g/mol. The van der Waals surface area contributed by atoms with Crippen molar-refractivity contribution in [3.8, 4) is 6.07 Å². The fourth-order valence-electron chi connectivity index (χ4n) is 1.74. The zero-order chi connectivity index (χ0) is 19.7. The summed E-state index contributed by atoms with van der Waals surface area (Å²) in [7, 11) is -10.1. The molecule has 0 fully saturated rings. The number of rotatable bonds is 4. The number of hydrogen-bond donors (Lipinski definition) is 0. The van der Waals surface area contributed by atoms with Gasteiger partial charge in [-0.25, -0.2) is 4.79 Å². The van der Waals surface area contributed by atoms with Crippen LogP contribution in [-0.2, 0) is 9.53 Å². The van der Waals surface area contributed by atoms with Crippen LogP contribution in [-0.4, -0.2) is 18.8 Å². The molecule has 1 aromatic rings. The maximum absolute atomic E-state index is 13.1. The lowest BCUT2D eigenvalue weighted by Crippen LogP contribution is -2.18. The van der Waals surface area contributed by atoms with Gasteiger partial charge in [0.1, 0.15) is 16.5 Å². The fraction of sp³-hybridized carbons (Fsp3) is 0.231. The van der Waals surface area contributed by atoms with Gasteiger partial charge in [0, 0.05) is 0 Å². The molecule has 0 N–H and O–H groups in total. The van der Waals surface area contributed by atoms with Gasteiger partial charge in [-0.3, -0.25) is 0 Å². The molecule has 25 heavy (non-hydrogen) atoms. The summed E-state index contributed by atoms with van der Waals surface area (Å²) in [6.07, 6.45) is -5.33. The highest BCUT2D eigenvalue weighted by Crippen LogP contribution is 3.02. The van der Waals surface area contributed by atoms with Crippen molar-refractivity contribution in [1.82, 2.24) is 0 Å². The molecule has 0 spiro atoms. The van der Waals surface area contributed by atoms with Gasteiger partial charge in [0.05, 0.1) is 12.2 Å². The third-order valence-corrected chi connectivity index (χ3v) is 3.88. The van der Waals surface area contributed by atoms with Crippen LogP contribution in [0.5, 0.6) is 0 Å². The Morgan fingerprint density at radius 1 is 1.12 bits per heavy atom. The molecule has 0 bridgehead atoms. The van der Waals surface area contributed by atoms with E-state index in [9.17, 15) is 37.4 Å². The minimum absolute atomic E-state index is 0.104. The second kappa shape index (κ2) is 5.62. The number of nitrogens with zero attached hydrogens (tertiary/aromatic N) is 1.